The lowest BCUT2D eigenvalue weighted by molar-refractivity contribution is 0.0788. The van der Waals surface area contributed by atoms with Gasteiger partial charge in [-0.1, -0.05) is 29.8 Å². The van der Waals surface area contributed by atoms with Crippen molar-refractivity contribution in [2.24, 2.45) is 0 Å². The summed E-state index contributed by atoms with van der Waals surface area (Å²) in [6.45, 7) is 1.63. The molecular weight excluding hydrogens is 350 g/mol. The number of hydrogen-bond acceptors (Lipinski definition) is 3. The van der Waals surface area contributed by atoms with E-state index >= 15 is 0 Å². The van der Waals surface area contributed by atoms with Crippen molar-refractivity contribution in [2.75, 3.05) is 13.6 Å². The van der Waals surface area contributed by atoms with Crippen LogP contribution in [-0.2, 0) is 13.2 Å². The first kappa shape index (κ1) is 18.0. The molecule has 0 N–H and O–H groups in total. The van der Waals surface area contributed by atoms with Crippen molar-refractivity contribution in [1.29, 1.82) is 0 Å². The number of ether oxygens (including phenoxy) is 1. The van der Waals surface area contributed by atoms with E-state index in [4.69, 9.17) is 16.3 Å². The second kappa shape index (κ2) is 8.54. The quantitative estimate of drug-likeness (QED) is 0.634. The first-order valence-electron chi connectivity index (χ1n) is 8.32. The second-order valence-electron chi connectivity index (χ2n) is 5.94. The Morgan fingerprint density at radius 2 is 2.04 bits per heavy atom. The maximum atomic E-state index is 12.6. The first-order valence-corrected chi connectivity index (χ1v) is 8.70. The highest BCUT2D eigenvalue weighted by Gasteiger charge is 2.12. The van der Waals surface area contributed by atoms with E-state index in [1.165, 1.54) is 0 Å². The van der Waals surface area contributed by atoms with Crippen molar-refractivity contribution >= 4 is 17.5 Å². The topological polar surface area (TPSA) is 47.4 Å². The normalized spacial score (nSPS) is 10.5. The van der Waals surface area contributed by atoms with Crippen LogP contribution >= 0.6 is 11.6 Å². The molecule has 3 rings (SSSR count). The van der Waals surface area contributed by atoms with E-state index < -0.39 is 0 Å². The van der Waals surface area contributed by atoms with Gasteiger partial charge in [0.1, 0.15) is 12.4 Å². The zero-order chi connectivity index (χ0) is 18.4. The molecule has 0 spiro atoms. The van der Waals surface area contributed by atoms with Crippen LogP contribution in [0.2, 0.25) is 5.02 Å². The van der Waals surface area contributed by atoms with Gasteiger partial charge in [0.15, 0.2) is 0 Å². The number of benzene rings is 2. The number of carbonyl (C=O) groups excluding carboxylic acids is 1. The minimum atomic E-state index is -0.0506. The standard InChI is InChI=1S/C20H20ClN3O2/c1-23(11-12-24-10-4-9-22-24)20(25)17-6-3-8-19(14-17)26-15-16-5-2-7-18(21)13-16/h2-10,13-14H,11-12,15H2,1H3. The third-order valence-corrected chi connectivity index (χ3v) is 4.18. The van der Waals surface area contributed by atoms with Crippen molar-refractivity contribution in [3.63, 3.8) is 0 Å². The molecule has 6 heteroatoms. The molecule has 5 nitrogen and oxygen atoms in total. The highest BCUT2D eigenvalue weighted by atomic mass is 35.5. The summed E-state index contributed by atoms with van der Waals surface area (Å²) >= 11 is 5.98. The number of hydrogen-bond donors (Lipinski definition) is 0. The van der Waals surface area contributed by atoms with Gasteiger partial charge in [-0.25, -0.2) is 0 Å². The van der Waals surface area contributed by atoms with Crippen molar-refractivity contribution in [3.05, 3.63) is 83.1 Å². The van der Waals surface area contributed by atoms with E-state index in [1.54, 1.807) is 35.0 Å². The predicted molar refractivity (Wildman–Crippen MR) is 101 cm³/mol. The maximum absolute atomic E-state index is 12.6. The molecule has 134 valence electrons. The Morgan fingerprint density at radius 3 is 2.81 bits per heavy atom. The molecule has 1 amide bonds. The molecule has 0 fully saturated rings. The van der Waals surface area contributed by atoms with Gasteiger partial charge in [-0.2, -0.15) is 5.10 Å². The summed E-state index contributed by atoms with van der Waals surface area (Å²) in [5, 5.41) is 4.82. The minimum absolute atomic E-state index is 0.0506. The third kappa shape index (κ3) is 4.86. The van der Waals surface area contributed by atoms with Gasteiger partial charge in [0, 0.05) is 36.6 Å². The third-order valence-electron chi connectivity index (χ3n) is 3.95. The van der Waals surface area contributed by atoms with Crippen LogP contribution in [0.5, 0.6) is 5.75 Å². The molecule has 1 heterocycles. The van der Waals surface area contributed by atoms with Crippen LogP contribution in [0.1, 0.15) is 15.9 Å². The Kier molecular flexibility index (Phi) is 5.92. The fourth-order valence-corrected chi connectivity index (χ4v) is 2.73. The fourth-order valence-electron chi connectivity index (χ4n) is 2.52. The number of rotatable bonds is 7. The SMILES string of the molecule is CN(CCn1cccn1)C(=O)c1cccc(OCc2cccc(Cl)c2)c1. The van der Waals surface area contributed by atoms with Crippen LogP contribution in [0.4, 0.5) is 0 Å². The molecule has 2 aromatic carbocycles. The average molecular weight is 370 g/mol. The lowest BCUT2D eigenvalue weighted by Crippen LogP contribution is -2.30. The molecule has 0 saturated heterocycles. The first-order chi connectivity index (χ1) is 12.6. The molecule has 1 aromatic heterocycles. The maximum Gasteiger partial charge on any atom is 0.253 e. The molecule has 0 aliphatic carbocycles. The summed E-state index contributed by atoms with van der Waals surface area (Å²) < 4.78 is 7.59. The molecule has 0 aliphatic rings. The summed E-state index contributed by atoms with van der Waals surface area (Å²) in [4.78, 5) is 14.3. The van der Waals surface area contributed by atoms with Gasteiger partial charge in [0.25, 0.3) is 5.91 Å². The van der Waals surface area contributed by atoms with E-state index in [9.17, 15) is 4.79 Å². The van der Waals surface area contributed by atoms with Crippen LogP contribution in [0.15, 0.2) is 67.0 Å². The Bertz CT molecular complexity index is 865. The number of amides is 1. The van der Waals surface area contributed by atoms with Gasteiger partial charge in [-0.3, -0.25) is 9.48 Å². The molecule has 0 radical (unpaired) electrons. The Balaban J connectivity index is 1.59. The van der Waals surface area contributed by atoms with Crippen molar-refractivity contribution in [1.82, 2.24) is 14.7 Å². The van der Waals surface area contributed by atoms with Crippen LogP contribution in [0, 0.1) is 0 Å². The van der Waals surface area contributed by atoms with Crippen molar-refractivity contribution < 1.29 is 9.53 Å². The van der Waals surface area contributed by atoms with Crippen LogP contribution in [0.25, 0.3) is 0 Å². The highest BCUT2D eigenvalue weighted by Crippen LogP contribution is 2.18. The van der Waals surface area contributed by atoms with Crippen LogP contribution in [0.3, 0.4) is 0 Å². The van der Waals surface area contributed by atoms with Gasteiger partial charge in [0.05, 0.1) is 6.54 Å². The van der Waals surface area contributed by atoms with Crippen molar-refractivity contribution in [2.45, 2.75) is 13.2 Å². The van der Waals surface area contributed by atoms with E-state index in [0.717, 1.165) is 5.56 Å². The number of nitrogens with zero attached hydrogens (tertiary/aromatic N) is 3. The number of aromatic nitrogens is 2. The largest absolute Gasteiger partial charge is 0.489 e. The number of likely N-dealkylation sites (N-methyl/N-ethyl adjacent to an activating group) is 1. The van der Waals surface area contributed by atoms with Crippen LogP contribution in [-0.4, -0.2) is 34.2 Å². The Labute approximate surface area is 157 Å². The lowest BCUT2D eigenvalue weighted by atomic mass is 10.2. The summed E-state index contributed by atoms with van der Waals surface area (Å²) in [6.07, 6.45) is 3.60. The average Bonchev–Trinajstić information content (AvgIpc) is 3.18. The van der Waals surface area contributed by atoms with Gasteiger partial charge in [0.2, 0.25) is 0 Å². The predicted octanol–water partition coefficient (Wildman–Crippen LogP) is 3.89. The van der Waals surface area contributed by atoms with Crippen molar-refractivity contribution in [3.8, 4) is 5.75 Å². The number of carbonyl (C=O) groups is 1. The number of halogens is 1. The zero-order valence-electron chi connectivity index (χ0n) is 14.5. The second-order valence-corrected chi connectivity index (χ2v) is 6.38. The van der Waals surface area contributed by atoms with E-state index in [1.807, 2.05) is 48.7 Å². The van der Waals surface area contributed by atoms with Gasteiger partial charge >= 0.3 is 0 Å². The Morgan fingerprint density at radius 1 is 1.19 bits per heavy atom. The fraction of sp³-hybridized carbons (Fsp3) is 0.200. The minimum Gasteiger partial charge on any atom is -0.489 e. The summed E-state index contributed by atoms with van der Waals surface area (Å²) in [5.41, 5.74) is 1.57. The highest BCUT2D eigenvalue weighted by molar-refractivity contribution is 6.30. The molecular formula is C20H20ClN3O2. The summed E-state index contributed by atoms with van der Waals surface area (Å²) in [5.74, 6) is 0.599. The van der Waals surface area contributed by atoms with E-state index in [0.29, 0.717) is 36.0 Å². The van der Waals surface area contributed by atoms with Gasteiger partial charge in [-0.05, 0) is 42.0 Å². The smallest absolute Gasteiger partial charge is 0.253 e. The zero-order valence-corrected chi connectivity index (χ0v) is 15.3. The molecule has 0 bridgehead atoms. The van der Waals surface area contributed by atoms with E-state index in [-0.39, 0.29) is 5.91 Å². The molecule has 26 heavy (non-hydrogen) atoms. The Hall–Kier alpha value is -2.79. The lowest BCUT2D eigenvalue weighted by Gasteiger charge is -2.17. The summed E-state index contributed by atoms with van der Waals surface area (Å²) in [6, 6.07) is 16.6. The van der Waals surface area contributed by atoms with Gasteiger partial charge < -0.3 is 9.64 Å². The molecule has 0 atom stereocenters. The van der Waals surface area contributed by atoms with Gasteiger partial charge in [-0.15, -0.1) is 0 Å². The molecule has 0 unspecified atom stereocenters. The van der Waals surface area contributed by atoms with E-state index in [2.05, 4.69) is 5.10 Å². The monoisotopic (exact) mass is 369 g/mol. The molecule has 3 aromatic rings. The molecule has 0 aliphatic heterocycles. The molecule has 0 saturated carbocycles. The summed E-state index contributed by atoms with van der Waals surface area (Å²) in [7, 11) is 1.78. The van der Waals surface area contributed by atoms with Crippen LogP contribution < -0.4 is 4.74 Å².